The van der Waals surface area contributed by atoms with Gasteiger partial charge in [0.1, 0.15) is 12.4 Å². The number of carbonyl (C=O) groups is 1. The van der Waals surface area contributed by atoms with Gasteiger partial charge in [-0.25, -0.2) is 12.8 Å². The van der Waals surface area contributed by atoms with Gasteiger partial charge >= 0.3 is 0 Å². The molecule has 0 bridgehead atoms. The molecule has 3 rings (SSSR count). The Morgan fingerprint density at radius 2 is 1.62 bits per heavy atom. The summed E-state index contributed by atoms with van der Waals surface area (Å²) in [6.45, 7) is -0.0744. The van der Waals surface area contributed by atoms with Crippen LogP contribution in [0.5, 0.6) is 11.5 Å². The highest BCUT2D eigenvalue weighted by molar-refractivity contribution is 7.92. The Balaban J connectivity index is 1.78. The lowest BCUT2D eigenvalue weighted by Crippen LogP contribution is -2.41. The van der Waals surface area contributed by atoms with Crippen molar-refractivity contribution in [3.63, 3.8) is 0 Å². The molecule has 0 spiro atoms. The lowest BCUT2D eigenvalue weighted by molar-refractivity contribution is -0.119. The maximum absolute atomic E-state index is 13.5. The Morgan fingerprint density at radius 1 is 0.941 bits per heavy atom. The Labute approximate surface area is 199 Å². The second kappa shape index (κ2) is 11.5. The lowest BCUT2D eigenvalue weighted by atomic mass is 10.1. The average molecular weight is 487 g/mol. The van der Waals surface area contributed by atoms with E-state index in [0.717, 1.165) is 28.4 Å². The number of hydrogen-bond donors (Lipinski definition) is 1. The van der Waals surface area contributed by atoms with E-state index in [4.69, 9.17) is 9.47 Å². The molecule has 1 N–H and O–H groups in total. The van der Waals surface area contributed by atoms with Gasteiger partial charge in [-0.1, -0.05) is 30.3 Å². The summed E-state index contributed by atoms with van der Waals surface area (Å²) in [6, 6.07) is 18.9. The first-order valence-electron chi connectivity index (χ1n) is 10.7. The third-order valence-electron chi connectivity index (χ3n) is 5.15. The van der Waals surface area contributed by atoms with Gasteiger partial charge in [-0.05, 0) is 54.8 Å². The Bertz CT molecular complexity index is 1200. The average Bonchev–Trinajstić information content (AvgIpc) is 2.86. The molecule has 0 saturated heterocycles. The zero-order valence-corrected chi connectivity index (χ0v) is 19.8. The normalized spacial score (nSPS) is 11.0. The molecule has 3 aromatic rings. The smallest absolute Gasteiger partial charge is 0.264 e. The summed E-state index contributed by atoms with van der Waals surface area (Å²) in [5.41, 5.74) is 1.32. The molecule has 0 aromatic heterocycles. The number of benzene rings is 3. The fourth-order valence-electron chi connectivity index (χ4n) is 3.38. The maximum atomic E-state index is 13.5. The summed E-state index contributed by atoms with van der Waals surface area (Å²) in [5.74, 6) is -0.391. The van der Waals surface area contributed by atoms with E-state index >= 15 is 0 Å². The van der Waals surface area contributed by atoms with Gasteiger partial charge in [0.2, 0.25) is 5.91 Å². The molecule has 0 saturated carbocycles. The van der Waals surface area contributed by atoms with Crippen molar-refractivity contribution in [1.29, 1.82) is 0 Å². The maximum Gasteiger partial charge on any atom is 0.264 e. The second-order valence-electron chi connectivity index (χ2n) is 7.44. The van der Waals surface area contributed by atoms with Crippen LogP contribution in [0.4, 0.5) is 10.1 Å². The fraction of sp³-hybridized carbons (Fsp3) is 0.240. The molecule has 3 aromatic carbocycles. The van der Waals surface area contributed by atoms with Crippen LogP contribution in [0.3, 0.4) is 0 Å². The molecule has 0 aliphatic rings. The van der Waals surface area contributed by atoms with Crippen LogP contribution in [-0.2, 0) is 21.2 Å². The van der Waals surface area contributed by atoms with Crippen molar-refractivity contribution in [1.82, 2.24) is 5.32 Å². The predicted octanol–water partition coefficient (Wildman–Crippen LogP) is 3.79. The molecule has 0 heterocycles. The minimum absolute atomic E-state index is 0.0913. The SMILES string of the molecule is COc1ccc(S(=O)(=O)N(CC(=O)NCCCc2ccccc2)c2ccc(F)cc2)cc1OC. The molecule has 0 fully saturated rings. The topological polar surface area (TPSA) is 84.9 Å². The Morgan fingerprint density at radius 3 is 2.26 bits per heavy atom. The van der Waals surface area contributed by atoms with Crippen LogP contribution in [0.15, 0.2) is 77.7 Å². The third kappa shape index (κ3) is 6.26. The molecule has 9 heteroatoms. The van der Waals surface area contributed by atoms with E-state index in [1.165, 1.54) is 44.6 Å². The van der Waals surface area contributed by atoms with Gasteiger partial charge < -0.3 is 14.8 Å². The number of amides is 1. The van der Waals surface area contributed by atoms with Crippen molar-refractivity contribution < 1.29 is 27.1 Å². The quantitative estimate of drug-likeness (QED) is 0.417. The first kappa shape index (κ1) is 25.0. The number of halogens is 1. The van der Waals surface area contributed by atoms with E-state index in [9.17, 15) is 17.6 Å². The van der Waals surface area contributed by atoms with Gasteiger partial charge in [0.15, 0.2) is 11.5 Å². The minimum Gasteiger partial charge on any atom is -0.493 e. The van der Waals surface area contributed by atoms with Crippen LogP contribution in [0.25, 0.3) is 0 Å². The van der Waals surface area contributed by atoms with E-state index in [2.05, 4.69) is 5.32 Å². The molecule has 1 amide bonds. The number of rotatable bonds is 11. The number of anilines is 1. The highest BCUT2D eigenvalue weighted by Gasteiger charge is 2.28. The number of carbonyl (C=O) groups excluding carboxylic acids is 1. The predicted molar refractivity (Wildman–Crippen MR) is 128 cm³/mol. The van der Waals surface area contributed by atoms with Gasteiger partial charge in [0.05, 0.1) is 24.8 Å². The van der Waals surface area contributed by atoms with Crippen LogP contribution in [0.1, 0.15) is 12.0 Å². The van der Waals surface area contributed by atoms with Crippen molar-refractivity contribution in [2.45, 2.75) is 17.7 Å². The first-order valence-corrected chi connectivity index (χ1v) is 12.1. The molecule has 34 heavy (non-hydrogen) atoms. The third-order valence-corrected chi connectivity index (χ3v) is 6.92. The summed E-state index contributed by atoms with van der Waals surface area (Å²) < 4.78 is 51.8. The monoisotopic (exact) mass is 486 g/mol. The van der Waals surface area contributed by atoms with Crippen molar-refractivity contribution in [3.05, 3.63) is 84.2 Å². The van der Waals surface area contributed by atoms with E-state index < -0.39 is 28.3 Å². The van der Waals surface area contributed by atoms with Gasteiger partial charge in [-0.15, -0.1) is 0 Å². The number of methoxy groups -OCH3 is 2. The summed E-state index contributed by atoms with van der Waals surface area (Å²) >= 11 is 0. The zero-order chi connectivity index (χ0) is 24.6. The van der Waals surface area contributed by atoms with Gasteiger partial charge in [0, 0.05) is 12.6 Å². The molecule has 0 aliphatic carbocycles. The summed E-state index contributed by atoms with van der Waals surface area (Å²) in [4.78, 5) is 12.6. The molecule has 0 radical (unpaired) electrons. The van der Waals surface area contributed by atoms with Crippen LogP contribution < -0.4 is 19.1 Å². The van der Waals surface area contributed by atoms with Crippen molar-refractivity contribution >= 4 is 21.6 Å². The molecular weight excluding hydrogens is 459 g/mol. The Kier molecular flexibility index (Phi) is 8.48. The van der Waals surface area contributed by atoms with E-state index in [-0.39, 0.29) is 16.3 Å². The second-order valence-corrected chi connectivity index (χ2v) is 9.31. The van der Waals surface area contributed by atoms with Crippen molar-refractivity contribution in [2.75, 3.05) is 31.6 Å². The summed E-state index contributed by atoms with van der Waals surface area (Å²) in [7, 11) is -1.34. The van der Waals surface area contributed by atoms with E-state index in [0.29, 0.717) is 18.7 Å². The number of aryl methyl sites for hydroxylation is 1. The highest BCUT2D eigenvalue weighted by atomic mass is 32.2. The Hall–Kier alpha value is -3.59. The number of hydrogen-bond acceptors (Lipinski definition) is 5. The fourth-order valence-corrected chi connectivity index (χ4v) is 4.81. The summed E-state index contributed by atoms with van der Waals surface area (Å²) in [6.07, 6.45) is 1.49. The van der Waals surface area contributed by atoms with E-state index in [1.807, 2.05) is 30.3 Å². The molecular formula is C25H27FN2O5S. The first-order chi connectivity index (χ1) is 16.3. The van der Waals surface area contributed by atoms with Crippen molar-refractivity contribution in [3.8, 4) is 11.5 Å². The number of ether oxygens (including phenoxy) is 2. The standard InChI is InChI=1S/C25H27FN2O5S/c1-32-23-15-14-22(17-24(23)33-2)34(30,31)28(21-12-10-20(26)11-13-21)18-25(29)27-16-6-9-19-7-4-3-5-8-19/h3-5,7-8,10-15,17H,6,9,16,18H2,1-2H3,(H,27,29). The van der Waals surface area contributed by atoms with Gasteiger partial charge in [0.25, 0.3) is 10.0 Å². The highest BCUT2D eigenvalue weighted by Crippen LogP contribution is 2.32. The summed E-state index contributed by atoms with van der Waals surface area (Å²) in [5, 5.41) is 2.77. The van der Waals surface area contributed by atoms with Crippen LogP contribution in [0, 0.1) is 5.82 Å². The minimum atomic E-state index is -4.18. The van der Waals surface area contributed by atoms with Crippen LogP contribution in [0.2, 0.25) is 0 Å². The van der Waals surface area contributed by atoms with Gasteiger partial charge in [-0.2, -0.15) is 0 Å². The zero-order valence-electron chi connectivity index (χ0n) is 19.0. The lowest BCUT2D eigenvalue weighted by Gasteiger charge is -2.24. The molecule has 0 atom stereocenters. The number of nitrogens with one attached hydrogen (secondary N) is 1. The van der Waals surface area contributed by atoms with Crippen LogP contribution >= 0.6 is 0 Å². The largest absolute Gasteiger partial charge is 0.493 e. The molecule has 0 unspecified atom stereocenters. The molecule has 7 nitrogen and oxygen atoms in total. The number of sulfonamides is 1. The molecule has 0 aliphatic heterocycles. The van der Waals surface area contributed by atoms with Crippen molar-refractivity contribution in [2.24, 2.45) is 0 Å². The van der Waals surface area contributed by atoms with E-state index in [1.54, 1.807) is 0 Å². The van der Waals surface area contributed by atoms with Crippen LogP contribution in [-0.4, -0.2) is 41.6 Å². The van der Waals surface area contributed by atoms with Gasteiger partial charge in [-0.3, -0.25) is 9.10 Å². The number of nitrogens with zero attached hydrogens (tertiary/aromatic N) is 1. The molecule has 180 valence electrons.